The number of rotatable bonds is 1. The Morgan fingerprint density at radius 1 is 1.50 bits per heavy atom. The number of hydrogen-bond acceptors (Lipinski definition) is 2. The highest BCUT2D eigenvalue weighted by atomic mass is 79.9. The first kappa shape index (κ1) is 15.0. The maximum atomic E-state index is 11.4. The van der Waals surface area contributed by atoms with E-state index in [0.717, 1.165) is 16.1 Å². The largest absolute Gasteiger partial charge is 0.464 e. The highest BCUT2D eigenvalue weighted by molar-refractivity contribution is 9.14. The van der Waals surface area contributed by atoms with Crippen LogP contribution in [0.15, 0.2) is 0 Å². The molecular formula is C12H18BrNO2. The van der Waals surface area contributed by atoms with Crippen molar-refractivity contribution in [1.82, 2.24) is 4.57 Å². The second-order valence-corrected chi connectivity index (χ2v) is 3.45. The molecule has 1 heterocycles. The maximum Gasteiger partial charge on any atom is 0.354 e. The summed E-state index contributed by atoms with van der Waals surface area (Å²) >= 11 is 3.24. The van der Waals surface area contributed by atoms with Gasteiger partial charge in [0.2, 0.25) is 0 Å². The van der Waals surface area contributed by atoms with Gasteiger partial charge < -0.3 is 9.30 Å². The molecule has 0 aliphatic rings. The highest BCUT2D eigenvalue weighted by Crippen LogP contribution is 2.02. The van der Waals surface area contributed by atoms with Gasteiger partial charge in [-0.3, -0.25) is 0 Å². The van der Waals surface area contributed by atoms with Gasteiger partial charge in [-0.05, 0) is 17.7 Å². The van der Waals surface area contributed by atoms with E-state index in [1.807, 2.05) is 20.8 Å². The first-order chi connectivity index (χ1) is 7.54. The SMILES string of the molecule is C=c1c(C)c(C(=O)OC)n(C)/c1=C\Br.CC. The third-order valence-electron chi connectivity index (χ3n) is 2.30. The van der Waals surface area contributed by atoms with Gasteiger partial charge in [0, 0.05) is 12.0 Å². The predicted molar refractivity (Wildman–Crippen MR) is 71.0 cm³/mol. The molecule has 3 nitrogen and oxygen atoms in total. The van der Waals surface area contributed by atoms with Crippen molar-refractivity contribution in [2.75, 3.05) is 7.11 Å². The average molecular weight is 288 g/mol. The lowest BCUT2D eigenvalue weighted by Crippen LogP contribution is -2.26. The van der Waals surface area contributed by atoms with Crippen molar-refractivity contribution in [3.63, 3.8) is 0 Å². The molecule has 4 heteroatoms. The third-order valence-corrected chi connectivity index (χ3v) is 2.73. The minimum atomic E-state index is -0.337. The van der Waals surface area contributed by atoms with Gasteiger partial charge >= 0.3 is 5.97 Å². The van der Waals surface area contributed by atoms with Crippen LogP contribution >= 0.6 is 15.9 Å². The van der Waals surface area contributed by atoms with Crippen molar-refractivity contribution in [1.29, 1.82) is 0 Å². The van der Waals surface area contributed by atoms with Crippen molar-refractivity contribution in [2.45, 2.75) is 20.8 Å². The molecule has 1 aromatic heterocycles. The normalized spacial score (nSPS) is 10.8. The summed E-state index contributed by atoms with van der Waals surface area (Å²) in [6, 6.07) is 0. The van der Waals surface area contributed by atoms with Crippen LogP contribution in [0.5, 0.6) is 0 Å². The fraction of sp³-hybridized carbons (Fsp3) is 0.417. The summed E-state index contributed by atoms with van der Waals surface area (Å²) in [7, 11) is 3.18. The summed E-state index contributed by atoms with van der Waals surface area (Å²) in [6.07, 6.45) is 0. The fourth-order valence-corrected chi connectivity index (χ4v) is 2.02. The molecule has 0 amide bonds. The Bertz CT molecular complexity index is 474. The van der Waals surface area contributed by atoms with E-state index < -0.39 is 0 Å². The second-order valence-electron chi connectivity index (χ2n) is 3.00. The van der Waals surface area contributed by atoms with Crippen molar-refractivity contribution in [3.05, 3.63) is 21.8 Å². The lowest BCUT2D eigenvalue weighted by molar-refractivity contribution is 0.0588. The van der Waals surface area contributed by atoms with Crippen LogP contribution in [0.3, 0.4) is 0 Å². The molecule has 0 aliphatic carbocycles. The van der Waals surface area contributed by atoms with Gasteiger partial charge in [0.05, 0.1) is 12.5 Å². The quantitative estimate of drug-likeness (QED) is 0.736. The molecule has 90 valence electrons. The second kappa shape index (κ2) is 6.53. The van der Waals surface area contributed by atoms with E-state index in [1.54, 1.807) is 16.6 Å². The third kappa shape index (κ3) is 2.55. The summed E-state index contributed by atoms with van der Waals surface area (Å²) < 4.78 is 6.46. The Labute approximate surface area is 105 Å². The topological polar surface area (TPSA) is 31.2 Å². The average Bonchev–Trinajstić information content (AvgIpc) is 2.52. The van der Waals surface area contributed by atoms with Gasteiger partial charge in [-0.15, -0.1) is 0 Å². The fourth-order valence-electron chi connectivity index (χ4n) is 1.44. The Morgan fingerprint density at radius 2 is 2.00 bits per heavy atom. The van der Waals surface area contributed by atoms with Crippen LogP contribution < -0.4 is 10.6 Å². The minimum Gasteiger partial charge on any atom is -0.464 e. The molecule has 1 aromatic rings. The molecule has 1 rings (SSSR count). The lowest BCUT2D eigenvalue weighted by atomic mass is 10.2. The summed E-state index contributed by atoms with van der Waals surface area (Å²) in [5.41, 5.74) is 1.40. The molecule has 0 unspecified atom stereocenters. The number of nitrogens with zero attached hydrogens (tertiary/aromatic N) is 1. The number of esters is 1. The van der Waals surface area contributed by atoms with E-state index in [9.17, 15) is 4.79 Å². The van der Waals surface area contributed by atoms with Gasteiger partial charge in [-0.1, -0.05) is 36.4 Å². The first-order valence-electron chi connectivity index (χ1n) is 5.07. The van der Waals surface area contributed by atoms with Crippen molar-refractivity contribution >= 4 is 33.5 Å². The molecule has 0 fully saturated rings. The van der Waals surface area contributed by atoms with E-state index >= 15 is 0 Å². The van der Waals surface area contributed by atoms with Crippen LogP contribution in [0.4, 0.5) is 0 Å². The van der Waals surface area contributed by atoms with Crippen molar-refractivity contribution in [3.8, 4) is 0 Å². The van der Waals surface area contributed by atoms with Gasteiger partial charge in [0.15, 0.2) is 0 Å². The predicted octanol–water partition coefficient (Wildman–Crippen LogP) is 1.69. The Morgan fingerprint density at radius 3 is 2.31 bits per heavy atom. The molecule has 16 heavy (non-hydrogen) atoms. The molecule has 0 saturated carbocycles. The lowest BCUT2D eigenvalue weighted by Gasteiger charge is -2.01. The minimum absolute atomic E-state index is 0.337. The molecule has 0 aromatic carbocycles. The van der Waals surface area contributed by atoms with Crippen LogP contribution in [-0.2, 0) is 11.8 Å². The van der Waals surface area contributed by atoms with E-state index in [4.69, 9.17) is 4.74 Å². The summed E-state index contributed by atoms with van der Waals surface area (Å²) in [5, 5.41) is 1.72. The van der Waals surface area contributed by atoms with Crippen molar-refractivity contribution in [2.24, 2.45) is 7.05 Å². The number of methoxy groups -OCH3 is 1. The summed E-state index contributed by atoms with van der Waals surface area (Å²) in [5.74, 6) is -0.337. The van der Waals surface area contributed by atoms with Crippen LogP contribution in [0.25, 0.3) is 11.6 Å². The van der Waals surface area contributed by atoms with Crippen LogP contribution in [0.1, 0.15) is 29.9 Å². The van der Waals surface area contributed by atoms with E-state index in [1.165, 1.54) is 7.11 Å². The molecule has 0 N–H and O–H groups in total. The van der Waals surface area contributed by atoms with E-state index in [2.05, 4.69) is 22.5 Å². The number of carbonyl (C=O) groups excluding carboxylic acids is 1. The molecule has 0 aliphatic heterocycles. The van der Waals surface area contributed by atoms with Crippen LogP contribution in [0.2, 0.25) is 0 Å². The van der Waals surface area contributed by atoms with Gasteiger partial charge in [0.1, 0.15) is 5.69 Å². The summed E-state index contributed by atoms with van der Waals surface area (Å²) in [6.45, 7) is 9.75. The molecule has 0 atom stereocenters. The molecule has 0 saturated heterocycles. The first-order valence-corrected chi connectivity index (χ1v) is 5.99. The number of hydrogen-bond donors (Lipinski definition) is 0. The monoisotopic (exact) mass is 287 g/mol. The molecule has 0 radical (unpaired) electrons. The van der Waals surface area contributed by atoms with Gasteiger partial charge in [0.25, 0.3) is 0 Å². The number of ether oxygens (including phenoxy) is 1. The number of carbonyl (C=O) groups is 1. The Hall–Kier alpha value is -1.03. The van der Waals surface area contributed by atoms with E-state index in [-0.39, 0.29) is 5.97 Å². The number of halogens is 1. The summed E-state index contributed by atoms with van der Waals surface area (Å²) in [4.78, 5) is 13.2. The van der Waals surface area contributed by atoms with E-state index in [0.29, 0.717) is 5.69 Å². The molecule has 0 bridgehead atoms. The van der Waals surface area contributed by atoms with Crippen LogP contribution in [0, 0.1) is 6.92 Å². The molecule has 0 spiro atoms. The van der Waals surface area contributed by atoms with Crippen LogP contribution in [-0.4, -0.2) is 17.6 Å². The maximum absolute atomic E-state index is 11.4. The smallest absolute Gasteiger partial charge is 0.354 e. The standard InChI is InChI=1S/C10H12BrNO2.C2H6/c1-6-7(2)9(10(13)14-4)12(3)8(6)5-11;1-2/h5H,1H2,2-4H3;1-2H3/b8-5-;. The van der Waals surface area contributed by atoms with Crippen molar-refractivity contribution < 1.29 is 9.53 Å². The zero-order valence-electron chi connectivity index (χ0n) is 10.4. The van der Waals surface area contributed by atoms with Gasteiger partial charge in [-0.2, -0.15) is 0 Å². The molecular weight excluding hydrogens is 270 g/mol. The number of aromatic nitrogens is 1. The zero-order chi connectivity index (χ0) is 12.9. The Kier molecular flexibility index (Phi) is 6.11. The Balaban J connectivity index is 0.00000106. The van der Waals surface area contributed by atoms with Gasteiger partial charge in [-0.25, -0.2) is 4.79 Å². The zero-order valence-corrected chi connectivity index (χ0v) is 12.0. The highest BCUT2D eigenvalue weighted by Gasteiger charge is 2.15.